The van der Waals surface area contributed by atoms with Gasteiger partial charge in [-0.1, -0.05) is 0 Å². The van der Waals surface area contributed by atoms with E-state index >= 15 is 0 Å². The minimum absolute atomic E-state index is 0.163. The van der Waals surface area contributed by atoms with Gasteiger partial charge in [-0.3, -0.25) is 24.5 Å². The Morgan fingerprint density at radius 1 is 0.960 bits per heavy atom. The van der Waals surface area contributed by atoms with Crippen LogP contribution in [-0.2, 0) is 9.59 Å². The van der Waals surface area contributed by atoms with E-state index < -0.39 is 17.7 Å². The summed E-state index contributed by atoms with van der Waals surface area (Å²) in [6.45, 7) is 3.45. The zero-order valence-electron chi connectivity index (χ0n) is 13.7. The maximum absolute atomic E-state index is 12.9. The summed E-state index contributed by atoms with van der Waals surface area (Å²) in [6, 6.07) is 5.33. The van der Waals surface area contributed by atoms with Gasteiger partial charge in [0.15, 0.2) is 11.6 Å². The molecule has 2 fully saturated rings. The molecule has 2 aliphatic heterocycles. The summed E-state index contributed by atoms with van der Waals surface area (Å²) in [7, 11) is 0. The van der Waals surface area contributed by atoms with Gasteiger partial charge in [0, 0.05) is 49.4 Å². The van der Waals surface area contributed by atoms with Crippen molar-refractivity contribution in [3.05, 3.63) is 29.3 Å². The Morgan fingerprint density at radius 2 is 1.68 bits per heavy atom. The van der Waals surface area contributed by atoms with Crippen LogP contribution in [0.25, 0.3) is 0 Å². The highest BCUT2D eigenvalue weighted by Gasteiger charge is 2.47. The van der Waals surface area contributed by atoms with Crippen LogP contribution in [0.1, 0.15) is 33.6 Å². The quantitative estimate of drug-likeness (QED) is 0.587. The smallest absolute Gasteiger partial charge is 0.230 e. The molecular weight excluding hydrogens is 322 g/mol. The fraction of sp³-hybridized carbons (Fsp3) is 0.444. The highest BCUT2D eigenvalue weighted by Crippen LogP contribution is 2.36. The third-order valence-electron chi connectivity index (χ3n) is 5.27. The number of hydrogen-bond donors (Lipinski definition) is 2. The molecule has 0 radical (unpaired) electrons. The van der Waals surface area contributed by atoms with Crippen molar-refractivity contribution in [1.29, 1.82) is 0 Å². The summed E-state index contributed by atoms with van der Waals surface area (Å²) in [5, 5.41) is 5.52. The second-order valence-corrected chi connectivity index (χ2v) is 6.73. The molecule has 2 atom stereocenters. The standard InChI is InChI=1S/C18H19N3O4/c22-14-4-3-12(18(25)20-14)15-16(23)11-2-1-10(9-13(11)17(15)24)21-7-5-19-6-8-21/h1-2,9,12,15,19H,3-8H2,(H,20,22,25). The second kappa shape index (κ2) is 6.07. The van der Waals surface area contributed by atoms with Gasteiger partial charge in [0.05, 0.1) is 11.8 Å². The minimum atomic E-state index is -0.999. The number of imide groups is 1. The molecule has 3 aliphatic rings. The maximum atomic E-state index is 12.9. The lowest BCUT2D eigenvalue weighted by Crippen LogP contribution is -2.46. The fourth-order valence-corrected chi connectivity index (χ4v) is 3.92. The Morgan fingerprint density at radius 3 is 2.40 bits per heavy atom. The van der Waals surface area contributed by atoms with E-state index in [4.69, 9.17) is 0 Å². The van der Waals surface area contributed by atoms with E-state index in [1.165, 1.54) is 0 Å². The lowest BCUT2D eigenvalue weighted by atomic mass is 9.82. The number of amides is 2. The highest BCUT2D eigenvalue weighted by atomic mass is 16.2. The second-order valence-electron chi connectivity index (χ2n) is 6.73. The van der Waals surface area contributed by atoms with Crippen LogP contribution in [0.3, 0.4) is 0 Å². The molecule has 2 unspecified atom stereocenters. The Hall–Kier alpha value is -2.54. The molecule has 1 aromatic rings. The number of anilines is 1. The largest absolute Gasteiger partial charge is 0.369 e. The molecule has 25 heavy (non-hydrogen) atoms. The first kappa shape index (κ1) is 16.0. The number of piperazine rings is 1. The van der Waals surface area contributed by atoms with Crippen molar-refractivity contribution in [2.24, 2.45) is 11.8 Å². The lowest BCUT2D eigenvalue weighted by Gasteiger charge is -2.29. The van der Waals surface area contributed by atoms with Crippen LogP contribution in [0.5, 0.6) is 0 Å². The number of Topliss-reactive ketones (excluding diaryl/α,β-unsaturated/α-hetero) is 2. The molecule has 7 heteroatoms. The maximum Gasteiger partial charge on any atom is 0.230 e. The molecular formula is C18H19N3O4. The Labute approximate surface area is 144 Å². The fourth-order valence-electron chi connectivity index (χ4n) is 3.92. The van der Waals surface area contributed by atoms with Crippen molar-refractivity contribution in [2.45, 2.75) is 12.8 Å². The normalized spacial score (nSPS) is 26.6. The van der Waals surface area contributed by atoms with Gasteiger partial charge < -0.3 is 10.2 Å². The third-order valence-corrected chi connectivity index (χ3v) is 5.27. The molecule has 0 aromatic heterocycles. The van der Waals surface area contributed by atoms with E-state index in [1.54, 1.807) is 12.1 Å². The first-order chi connectivity index (χ1) is 12.1. The number of benzene rings is 1. The molecule has 1 aliphatic carbocycles. The summed E-state index contributed by atoms with van der Waals surface area (Å²) >= 11 is 0. The molecule has 0 saturated carbocycles. The van der Waals surface area contributed by atoms with Crippen LogP contribution in [-0.4, -0.2) is 49.6 Å². The van der Waals surface area contributed by atoms with Crippen molar-refractivity contribution in [3.8, 4) is 0 Å². The average molecular weight is 341 g/mol. The van der Waals surface area contributed by atoms with Crippen LogP contribution in [0.2, 0.25) is 0 Å². The molecule has 4 rings (SSSR count). The molecule has 1 aromatic carbocycles. The highest BCUT2D eigenvalue weighted by molar-refractivity contribution is 6.28. The van der Waals surface area contributed by atoms with Gasteiger partial charge in [-0.15, -0.1) is 0 Å². The van der Waals surface area contributed by atoms with Crippen LogP contribution < -0.4 is 15.5 Å². The number of piperidine rings is 1. The van der Waals surface area contributed by atoms with Crippen molar-refractivity contribution in [2.75, 3.05) is 31.1 Å². The number of fused-ring (bicyclic) bond motifs is 1. The molecule has 2 amide bonds. The summed E-state index contributed by atoms with van der Waals surface area (Å²) in [6.07, 6.45) is 0.404. The average Bonchev–Trinajstić information content (AvgIpc) is 2.87. The van der Waals surface area contributed by atoms with E-state index in [0.29, 0.717) is 11.1 Å². The predicted octanol–water partition coefficient (Wildman–Crippen LogP) is 0.144. The molecule has 2 N–H and O–H groups in total. The molecule has 7 nitrogen and oxygen atoms in total. The predicted molar refractivity (Wildman–Crippen MR) is 89.5 cm³/mol. The van der Waals surface area contributed by atoms with Crippen LogP contribution in [0.15, 0.2) is 18.2 Å². The van der Waals surface area contributed by atoms with E-state index in [0.717, 1.165) is 31.9 Å². The number of nitrogens with one attached hydrogen (secondary N) is 2. The molecule has 2 heterocycles. The molecule has 130 valence electrons. The van der Waals surface area contributed by atoms with E-state index in [-0.39, 0.29) is 30.3 Å². The summed E-state index contributed by atoms with van der Waals surface area (Å²) in [5.41, 5.74) is 1.71. The topological polar surface area (TPSA) is 95.6 Å². The Kier molecular flexibility index (Phi) is 3.88. The van der Waals surface area contributed by atoms with Crippen molar-refractivity contribution >= 4 is 29.1 Å². The van der Waals surface area contributed by atoms with Gasteiger partial charge in [-0.05, 0) is 24.6 Å². The first-order valence-corrected chi connectivity index (χ1v) is 8.58. The van der Waals surface area contributed by atoms with Gasteiger partial charge in [0.1, 0.15) is 0 Å². The monoisotopic (exact) mass is 341 g/mol. The van der Waals surface area contributed by atoms with Crippen LogP contribution >= 0.6 is 0 Å². The van der Waals surface area contributed by atoms with Gasteiger partial charge in [0.2, 0.25) is 11.8 Å². The van der Waals surface area contributed by atoms with Gasteiger partial charge in [0.25, 0.3) is 0 Å². The summed E-state index contributed by atoms with van der Waals surface area (Å²) < 4.78 is 0. The number of rotatable bonds is 2. The van der Waals surface area contributed by atoms with Gasteiger partial charge >= 0.3 is 0 Å². The first-order valence-electron chi connectivity index (χ1n) is 8.58. The van der Waals surface area contributed by atoms with Crippen molar-refractivity contribution in [3.63, 3.8) is 0 Å². The third kappa shape index (κ3) is 2.64. The lowest BCUT2D eigenvalue weighted by molar-refractivity contribution is -0.137. The van der Waals surface area contributed by atoms with Gasteiger partial charge in [-0.2, -0.15) is 0 Å². The van der Waals surface area contributed by atoms with Crippen molar-refractivity contribution in [1.82, 2.24) is 10.6 Å². The zero-order chi connectivity index (χ0) is 17.6. The Bertz CT molecular complexity index is 783. The Balaban J connectivity index is 1.63. The van der Waals surface area contributed by atoms with E-state index in [1.807, 2.05) is 6.07 Å². The summed E-state index contributed by atoms with van der Waals surface area (Å²) in [5.74, 6) is -3.22. The molecule has 0 bridgehead atoms. The van der Waals surface area contributed by atoms with E-state index in [2.05, 4.69) is 15.5 Å². The SMILES string of the molecule is O=C1CCC(C2C(=O)c3ccc(N4CCNCC4)cc3C2=O)C(=O)N1. The number of carbonyl (C=O) groups excluding carboxylic acids is 4. The summed E-state index contributed by atoms with van der Waals surface area (Å²) in [4.78, 5) is 51.2. The van der Waals surface area contributed by atoms with Crippen LogP contribution in [0, 0.1) is 11.8 Å². The van der Waals surface area contributed by atoms with E-state index in [9.17, 15) is 19.2 Å². The molecule has 2 saturated heterocycles. The number of nitrogens with zero attached hydrogens (tertiary/aromatic N) is 1. The van der Waals surface area contributed by atoms with Crippen LogP contribution in [0.4, 0.5) is 5.69 Å². The molecule has 0 spiro atoms. The van der Waals surface area contributed by atoms with Gasteiger partial charge in [-0.25, -0.2) is 0 Å². The number of carbonyl (C=O) groups is 4. The minimum Gasteiger partial charge on any atom is -0.369 e. The van der Waals surface area contributed by atoms with Crippen molar-refractivity contribution < 1.29 is 19.2 Å². The number of ketones is 2. The zero-order valence-corrected chi connectivity index (χ0v) is 13.7. The number of hydrogen-bond acceptors (Lipinski definition) is 6.